The fraction of sp³-hybridized carbons (Fsp3) is 0.857. The van der Waals surface area contributed by atoms with Crippen molar-refractivity contribution in [2.75, 3.05) is 5.75 Å². The van der Waals surface area contributed by atoms with Crippen molar-refractivity contribution in [2.24, 2.45) is 5.92 Å². The molecule has 1 heterocycles. The summed E-state index contributed by atoms with van der Waals surface area (Å²) in [6, 6.07) is -0.970. The lowest BCUT2D eigenvalue weighted by Gasteiger charge is -2.33. The van der Waals surface area contributed by atoms with Crippen LogP contribution in [0.4, 0.5) is 0 Å². The van der Waals surface area contributed by atoms with E-state index >= 15 is 0 Å². The predicted molar refractivity (Wildman–Crippen MR) is 77.6 cm³/mol. The summed E-state index contributed by atoms with van der Waals surface area (Å²) in [7, 11) is -3.51. The molecule has 1 saturated heterocycles. The Labute approximate surface area is 125 Å². The van der Waals surface area contributed by atoms with Crippen LogP contribution in [-0.2, 0) is 19.4 Å². The zero-order valence-electron chi connectivity index (χ0n) is 12.5. The maximum Gasteiger partial charge on any atom is 0.326 e. The number of hydrogen-bond donors (Lipinski definition) is 1. The van der Waals surface area contributed by atoms with Crippen molar-refractivity contribution in [3.05, 3.63) is 0 Å². The van der Waals surface area contributed by atoms with E-state index in [0.29, 0.717) is 6.42 Å². The number of carboxylic acid groups (broad SMARTS) is 1. The number of rotatable bonds is 4. The molecule has 120 valence electrons. The van der Waals surface area contributed by atoms with E-state index in [1.54, 1.807) is 0 Å². The van der Waals surface area contributed by atoms with Crippen LogP contribution in [0.2, 0.25) is 0 Å². The number of nitrogens with zero attached hydrogens (tertiary/aromatic N) is 1. The van der Waals surface area contributed by atoms with Crippen LogP contribution in [0.3, 0.4) is 0 Å². The molecule has 2 rings (SSSR count). The molecule has 0 spiro atoms. The molecule has 6 nitrogen and oxygen atoms in total. The monoisotopic (exact) mass is 317 g/mol. The third-order valence-electron chi connectivity index (χ3n) is 4.70. The third kappa shape index (κ3) is 3.22. The third-order valence-corrected chi connectivity index (χ3v) is 6.79. The van der Waals surface area contributed by atoms with Crippen LogP contribution < -0.4 is 0 Å². The first kappa shape index (κ1) is 16.3. The van der Waals surface area contributed by atoms with Gasteiger partial charge in [0.15, 0.2) is 9.84 Å². The van der Waals surface area contributed by atoms with E-state index in [0.717, 1.165) is 25.7 Å². The Balaban J connectivity index is 2.21. The zero-order valence-corrected chi connectivity index (χ0v) is 13.3. The van der Waals surface area contributed by atoms with Gasteiger partial charge in [0.1, 0.15) is 11.8 Å². The highest BCUT2D eigenvalue weighted by atomic mass is 32.2. The van der Waals surface area contributed by atoms with Crippen LogP contribution in [-0.4, -0.2) is 53.4 Å². The molecule has 0 aromatic heterocycles. The van der Waals surface area contributed by atoms with Crippen molar-refractivity contribution >= 4 is 21.7 Å². The molecule has 1 aliphatic carbocycles. The van der Waals surface area contributed by atoms with Crippen molar-refractivity contribution < 1.29 is 23.1 Å². The standard InChI is InChI=1S/C14H23NO5S/c1-9(2)21(19,20)8-13(16)15-11-6-4-3-5-10(11)7-12(15)14(17)18/h9-12H,3-8H2,1-2H3,(H,17,18)/t10-,11-,12-/m0/s1. The summed E-state index contributed by atoms with van der Waals surface area (Å²) in [5, 5.41) is 8.71. The summed E-state index contributed by atoms with van der Waals surface area (Å²) in [4.78, 5) is 25.2. The molecule has 0 radical (unpaired) electrons. The van der Waals surface area contributed by atoms with E-state index in [9.17, 15) is 23.1 Å². The second-order valence-electron chi connectivity index (χ2n) is 6.36. The number of carbonyl (C=O) groups excluding carboxylic acids is 1. The lowest BCUT2D eigenvalue weighted by Crippen LogP contribution is -2.48. The second kappa shape index (κ2) is 5.94. The summed E-state index contributed by atoms with van der Waals surface area (Å²) in [6.45, 7) is 3.06. The molecule has 2 fully saturated rings. The Kier molecular flexibility index (Phi) is 4.60. The first-order valence-electron chi connectivity index (χ1n) is 7.49. The van der Waals surface area contributed by atoms with E-state index < -0.39 is 38.8 Å². The van der Waals surface area contributed by atoms with Gasteiger partial charge in [-0.2, -0.15) is 0 Å². The average molecular weight is 317 g/mol. The van der Waals surface area contributed by atoms with Gasteiger partial charge in [0.2, 0.25) is 5.91 Å². The van der Waals surface area contributed by atoms with Gasteiger partial charge in [-0.05, 0) is 39.0 Å². The van der Waals surface area contributed by atoms with E-state index in [4.69, 9.17) is 0 Å². The number of likely N-dealkylation sites (tertiary alicyclic amines) is 1. The number of sulfone groups is 1. The average Bonchev–Trinajstić information content (AvgIpc) is 2.77. The number of fused-ring (bicyclic) bond motifs is 1. The summed E-state index contributed by atoms with van der Waals surface area (Å²) in [5.74, 6) is -1.96. The van der Waals surface area contributed by atoms with Gasteiger partial charge in [-0.15, -0.1) is 0 Å². The maximum atomic E-state index is 12.4. The molecule has 0 bridgehead atoms. The van der Waals surface area contributed by atoms with Gasteiger partial charge < -0.3 is 10.0 Å². The Morgan fingerprint density at radius 1 is 1.24 bits per heavy atom. The maximum absolute atomic E-state index is 12.4. The molecule has 2 aliphatic rings. The van der Waals surface area contributed by atoms with Crippen molar-refractivity contribution in [1.82, 2.24) is 4.90 Å². The van der Waals surface area contributed by atoms with E-state index in [-0.39, 0.29) is 12.0 Å². The van der Waals surface area contributed by atoms with Crippen LogP contribution in [0.1, 0.15) is 46.0 Å². The lowest BCUT2D eigenvalue weighted by atomic mass is 9.85. The molecular formula is C14H23NO5S. The smallest absolute Gasteiger partial charge is 0.326 e. The molecule has 1 aliphatic heterocycles. The minimum atomic E-state index is -3.51. The number of hydrogen-bond acceptors (Lipinski definition) is 4. The molecule has 7 heteroatoms. The minimum absolute atomic E-state index is 0.102. The van der Waals surface area contributed by atoms with Crippen LogP contribution in [0.5, 0.6) is 0 Å². The van der Waals surface area contributed by atoms with Gasteiger partial charge in [0.25, 0.3) is 0 Å². The van der Waals surface area contributed by atoms with E-state index in [2.05, 4.69) is 0 Å². The van der Waals surface area contributed by atoms with E-state index in [1.165, 1.54) is 18.7 Å². The Hall–Kier alpha value is -1.11. The van der Waals surface area contributed by atoms with Crippen LogP contribution in [0, 0.1) is 5.92 Å². The summed E-state index contributed by atoms with van der Waals surface area (Å²) >= 11 is 0. The van der Waals surface area contributed by atoms with Gasteiger partial charge in [0, 0.05) is 6.04 Å². The second-order valence-corrected chi connectivity index (χ2v) is 8.92. The quantitative estimate of drug-likeness (QED) is 0.837. The molecule has 1 saturated carbocycles. The molecule has 1 N–H and O–H groups in total. The molecule has 0 aromatic rings. The van der Waals surface area contributed by atoms with Crippen molar-refractivity contribution in [2.45, 2.75) is 63.3 Å². The summed E-state index contributed by atoms with van der Waals surface area (Å²) in [6.07, 6.45) is 4.18. The topological polar surface area (TPSA) is 91.8 Å². The van der Waals surface area contributed by atoms with Gasteiger partial charge in [0.05, 0.1) is 5.25 Å². The first-order chi connectivity index (χ1) is 9.74. The number of aliphatic carboxylic acids is 1. The largest absolute Gasteiger partial charge is 0.480 e. The van der Waals surface area contributed by atoms with Crippen LogP contribution >= 0.6 is 0 Å². The summed E-state index contributed by atoms with van der Waals surface area (Å²) < 4.78 is 23.9. The zero-order chi connectivity index (χ0) is 15.8. The van der Waals surface area contributed by atoms with Crippen LogP contribution in [0.25, 0.3) is 0 Å². The molecule has 21 heavy (non-hydrogen) atoms. The van der Waals surface area contributed by atoms with Crippen molar-refractivity contribution in [3.63, 3.8) is 0 Å². The van der Waals surface area contributed by atoms with Crippen LogP contribution in [0.15, 0.2) is 0 Å². The number of carbonyl (C=O) groups is 2. The molecular weight excluding hydrogens is 294 g/mol. The van der Waals surface area contributed by atoms with Gasteiger partial charge in [-0.1, -0.05) is 12.8 Å². The minimum Gasteiger partial charge on any atom is -0.480 e. The van der Waals surface area contributed by atoms with Gasteiger partial charge in [-0.25, -0.2) is 13.2 Å². The Bertz CT molecular complexity index is 527. The number of carboxylic acids is 1. The molecule has 0 aromatic carbocycles. The highest BCUT2D eigenvalue weighted by molar-refractivity contribution is 7.92. The molecule has 1 amide bonds. The fourth-order valence-electron chi connectivity index (χ4n) is 3.45. The van der Waals surface area contributed by atoms with Crippen molar-refractivity contribution in [3.8, 4) is 0 Å². The SMILES string of the molecule is CC(C)S(=O)(=O)CC(=O)N1[C@H](C(=O)O)C[C@@H]2CCCC[C@@H]21. The fourth-order valence-corrected chi connectivity index (χ4v) is 4.28. The predicted octanol–water partition coefficient (Wildman–Crippen LogP) is 1.05. The molecule has 3 atom stereocenters. The first-order valence-corrected chi connectivity index (χ1v) is 9.21. The Morgan fingerprint density at radius 2 is 1.86 bits per heavy atom. The highest BCUT2D eigenvalue weighted by Crippen LogP contribution is 2.39. The number of amides is 1. The highest BCUT2D eigenvalue weighted by Gasteiger charge is 2.48. The normalized spacial score (nSPS) is 29.5. The van der Waals surface area contributed by atoms with Gasteiger partial charge in [-0.3, -0.25) is 4.79 Å². The Morgan fingerprint density at radius 3 is 2.43 bits per heavy atom. The van der Waals surface area contributed by atoms with E-state index in [1.807, 2.05) is 0 Å². The molecule has 0 unspecified atom stereocenters. The van der Waals surface area contributed by atoms with Crippen molar-refractivity contribution in [1.29, 1.82) is 0 Å². The lowest BCUT2D eigenvalue weighted by molar-refractivity contribution is -0.148. The van der Waals surface area contributed by atoms with Gasteiger partial charge >= 0.3 is 5.97 Å². The summed E-state index contributed by atoms with van der Waals surface area (Å²) in [5.41, 5.74) is 0.